The zero-order chi connectivity index (χ0) is 13.4. The number of aromatic nitrogens is 1. The maximum absolute atomic E-state index is 13.5. The van der Waals surface area contributed by atoms with Gasteiger partial charge in [0.25, 0.3) is 0 Å². The largest absolute Gasteiger partial charge is 0.343 e. The highest BCUT2D eigenvalue weighted by atomic mass is 79.9. The summed E-state index contributed by atoms with van der Waals surface area (Å²) in [4.78, 5) is 0. The summed E-state index contributed by atoms with van der Waals surface area (Å²) in [6.45, 7) is 2.74. The Labute approximate surface area is 119 Å². The Morgan fingerprint density at radius 1 is 1.16 bits per heavy atom. The van der Waals surface area contributed by atoms with Crippen LogP contribution in [0.1, 0.15) is 11.1 Å². The van der Waals surface area contributed by atoms with Crippen LogP contribution in [0.3, 0.4) is 0 Å². The Morgan fingerprint density at radius 3 is 2.84 bits per heavy atom. The van der Waals surface area contributed by atoms with Gasteiger partial charge in [-0.2, -0.15) is 0 Å². The van der Waals surface area contributed by atoms with Gasteiger partial charge in [0, 0.05) is 18.3 Å². The molecule has 0 saturated heterocycles. The van der Waals surface area contributed by atoms with Crippen LogP contribution in [-0.4, -0.2) is 4.57 Å². The number of aryl methyl sites for hydroxylation is 1. The number of fused-ring (bicyclic) bond motifs is 1. The number of benzene rings is 2. The molecule has 3 heteroatoms. The molecule has 0 aliphatic rings. The minimum atomic E-state index is -0.218. The van der Waals surface area contributed by atoms with Gasteiger partial charge in [-0.05, 0) is 58.1 Å². The Bertz CT molecular complexity index is 746. The Hall–Kier alpha value is -1.61. The average molecular weight is 318 g/mol. The second-order valence-electron chi connectivity index (χ2n) is 4.72. The molecule has 19 heavy (non-hydrogen) atoms. The quantitative estimate of drug-likeness (QED) is 0.633. The van der Waals surface area contributed by atoms with Crippen molar-refractivity contribution >= 4 is 26.8 Å². The minimum Gasteiger partial charge on any atom is -0.343 e. The first-order chi connectivity index (χ1) is 9.15. The topological polar surface area (TPSA) is 4.93 Å². The van der Waals surface area contributed by atoms with Gasteiger partial charge in [0.2, 0.25) is 0 Å². The molecule has 1 aromatic heterocycles. The smallest absolute Gasteiger partial charge is 0.137 e. The maximum Gasteiger partial charge on any atom is 0.137 e. The van der Waals surface area contributed by atoms with Crippen LogP contribution in [0.2, 0.25) is 0 Å². The van der Waals surface area contributed by atoms with E-state index in [1.165, 1.54) is 22.5 Å². The van der Waals surface area contributed by atoms with Crippen molar-refractivity contribution in [3.63, 3.8) is 0 Å². The zero-order valence-electron chi connectivity index (χ0n) is 10.5. The van der Waals surface area contributed by atoms with Crippen LogP contribution in [0.15, 0.2) is 53.1 Å². The van der Waals surface area contributed by atoms with Crippen molar-refractivity contribution < 1.29 is 4.39 Å². The Morgan fingerprint density at radius 2 is 2.00 bits per heavy atom. The van der Waals surface area contributed by atoms with Gasteiger partial charge >= 0.3 is 0 Å². The maximum atomic E-state index is 13.5. The molecule has 3 rings (SSSR count). The van der Waals surface area contributed by atoms with Crippen molar-refractivity contribution in [3.8, 4) is 0 Å². The van der Waals surface area contributed by atoms with Crippen molar-refractivity contribution in [2.45, 2.75) is 13.5 Å². The normalized spacial score (nSPS) is 11.1. The van der Waals surface area contributed by atoms with E-state index >= 15 is 0 Å². The van der Waals surface area contributed by atoms with Crippen LogP contribution in [0, 0.1) is 12.7 Å². The molecule has 0 aliphatic heterocycles. The molecule has 0 N–H and O–H groups in total. The summed E-state index contributed by atoms with van der Waals surface area (Å²) in [5.74, 6) is -0.218. The highest BCUT2D eigenvalue weighted by Gasteiger charge is 2.07. The molecule has 3 aromatic rings. The van der Waals surface area contributed by atoms with Crippen molar-refractivity contribution in [2.24, 2.45) is 0 Å². The van der Waals surface area contributed by atoms with Gasteiger partial charge in [-0.1, -0.05) is 23.8 Å². The van der Waals surface area contributed by atoms with Crippen LogP contribution in [-0.2, 0) is 6.54 Å². The zero-order valence-corrected chi connectivity index (χ0v) is 12.1. The molecule has 0 fully saturated rings. The van der Waals surface area contributed by atoms with E-state index in [4.69, 9.17) is 0 Å². The predicted molar refractivity (Wildman–Crippen MR) is 79.9 cm³/mol. The lowest BCUT2D eigenvalue weighted by Gasteiger charge is -2.08. The van der Waals surface area contributed by atoms with Gasteiger partial charge in [-0.3, -0.25) is 0 Å². The van der Waals surface area contributed by atoms with Gasteiger partial charge in [-0.15, -0.1) is 0 Å². The van der Waals surface area contributed by atoms with Crippen LogP contribution in [0.5, 0.6) is 0 Å². The van der Waals surface area contributed by atoms with E-state index in [0.29, 0.717) is 11.0 Å². The fourth-order valence-electron chi connectivity index (χ4n) is 2.31. The molecule has 0 radical (unpaired) electrons. The summed E-state index contributed by atoms with van der Waals surface area (Å²) in [6, 6.07) is 13.6. The second kappa shape index (κ2) is 4.82. The van der Waals surface area contributed by atoms with Crippen molar-refractivity contribution in [3.05, 3.63) is 70.1 Å². The molecular weight excluding hydrogens is 305 g/mol. The van der Waals surface area contributed by atoms with Gasteiger partial charge in [-0.25, -0.2) is 4.39 Å². The van der Waals surface area contributed by atoms with Gasteiger partial charge < -0.3 is 4.57 Å². The second-order valence-corrected chi connectivity index (χ2v) is 5.51. The molecule has 96 valence electrons. The molecule has 1 nitrogen and oxygen atoms in total. The summed E-state index contributed by atoms with van der Waals surface area (Å²) in [5, 5.41) is 1.22. The Balaban J connectivity index is 2.04. The first-order valence-electron chi connectivity index (χ1n) is 6.13. The number of rotatable bonds is 2. The van der Waals surface area contributed by atoms with Crippen LogP contribution < -0.4 is 0 Å². The lowest BCUT2D eigenvalue weighted by Crippen LogP contribution is -1.99. The molecular formula is C16H13BrFN. The van der Waals surface area contributed by atoms with Crippen molar-refractivity contribution in [1.29, 1.82) is 0 Å². The SMILES string of the molecule is Cc1ccc2c(ccn2Cc2cccc(F)c2Br)c1. The average Bonchev–Trinajstić information content (AvgIpc) is 2.77. The number of nitrogens with zero attached hydrogens (tertiary/aromatic N) is 1. The predicted octanol–water partition coefficient (Wildman–Crippen LogP) is 4.90. The highest BCUT2D eigenvalue weighted by Crippen LogP contribution is 2.24. The van der Waals surface area contributed by atoms with Crippen molar-refractivity contribution in [2.75, 3.05) is 0 Å². The van der Waals surface area contributed by atoms with E-state index in [1.54, 1.807) is 6.07 Å². The Kier molecular flexibility index (Phi) is 3.15. The lowest BCUT2D eigenvalue weighted by atomic mass is 10.2. The molecule has 0 saturated carbocycles. The molecule has 1 heterocycles. The van der Waals surface area contributed by atoms with E-state index in [0.717, 1.165) is 5.56 Å². The molecule has 0 atom stereocenters. The summed E-state index contributed by atoms with van der Waals surface area (Å²) < 4.78 is 16.2. The summed E-state index contributed by atoms with van der Waals surface area (Å²) in [6.07, 6.45) is 2.04. The molecule has 0 bridgehead atoms. The van der Waals surface area contributed by atoms with E-state index < -0.39 is 0 Å². The first kappa shape index (κ1) is 12.4. The minimum absolute atomic E-state index is 0.218. The van der Waals surface area contributed by atoms with E-state index in [1.807, 2.05) is 12.3 Å². The number of halogens is 2. The molecule has 0 unspecified atom stereocenters. The highest BCUT2D eigenvalue weighted by molar-refractivity contribution is 9.10. The van der Waals surface area contributed by atoms with E-state index in [2.05, 4.69) is 51.7 Å². The summed E-state index contributed by atoms with van der Waals surface area (Å²) in [5.41, 5.74) is 3.36. The van der Waals surface area contributed by atoms with Crippen LogP contribution >= 0.6 is 15.9 Å². The van der Waals surface area contributed by atoms with E-state index in [9.17, 15) is 4.39 Å². The first-order valence-corrected chi connectivity index (χ1v) is 6.93. The fourth-order valence-corrected chi connectivity index (χ4v) is 2.70. The molecule has 0 aliphatic carbocycles. The molecule has 2 aromatic carbocycles. The number of hydrogen-bond acceptors (Lipinski definition) is 0. The summed E-state index contributed by atoms with van der Waals surface area (Å²) >= 11 is 3.31. The van der Waals surface area contributed by atoms with Gasteiger partial charge in [0.05, 0.1) is 4.47 Å². The summed E-state index contributed by atoms with van der Waals surface area (Å²) in [7, 11) is 0. The van der Waals surface area contributed by atoms with Crippen LogP contribution in [0.25, 0.3) is 10.9 Å². The standard InChI is InChI=1S/C16H13BrFN/c1-11-5-6-15-12(9-11)7-8-19(15)10-13-3-2-4-14(18)16(13)17/h2-9H,10H2,1H3. The number of hydrogen-bond donors (Lipinski definition) is 0. The van der Waals surface area contributed by atoms with Crippen molar-refractivity contribution in [1.82, 2.24) is 4.57 Å². The third kappa shape index (κ3) is 2.30. The molecule has 0 amide bonds. The molecule has 0 spiro atoms. The monoisotopic (exact) mass is 317 g/mol. The third-order valence-corrected chi connectivity index (χ3v) is 4.19. The lowest BCUT2D eigenvalue weighted by molar-refractivity contribution is 0.616. The third-order valence-electron chi connectivity index (χ3n) is 3.30. The van der Waals surface area contributed by atoms with E-state index in [-0.39, 0.29) is 5.82 Å². The van der Waals surface area contributed by atoms with Crippen LogP contribution in [0.4, 0.5) is 4.39 Å². The van der Waals surface area contributed by atoms with Gasteiger partial charge in [0.15, 0.2) is 0 Å². The fraction of sp³-hybridized carbons (Fsp3) is 0.125. The van der Waals surface area contributed by atoms with Gasteiger partial charge in [0.1, 0.15) is 5.82 Å².